The summed E-state index contributed by atoms with van der Waals surface area (Å²) in [7, 11) is 0. The Morgan fingerprint density at radius 3 is 3.00 bits per heavy atom. The minimum Gasteiger partial charge on any atom is -0.272 e. The van der Waals surface area contributed by atoms with Crippen molar-refractivity contribution in [1.82, 2.24) is 14.8 Å². The van der Waals surface area contributed by atoms with E-state index >= 15 is 0 Å². The highest BCUT2D eigenvalue weighted by molar-refractivity contribution is 14.1. The zero-order chi connectivity index (χ0) is 11.4. The highest BCUT2D eigenvalue weighted by atomic mass is 127. The van der Waals surface area contributed by atoms with Crippen LogP contribution in [0.2, 0.25) is 0 Å². The Hall–Kier alpha value is -0.140. The molecule has 0 unspecified atom stereocenters. The van der Waals surface area contributed by atoms with Gasteiger partial charge in [0.1, 0.15) is 0 Å². The van der Waals surface area contributed by atoms with Crippen LogP contribution in [0.3, 0.4) is 0 Å². The standard InChI is InChI=1S/C10H11ClIN3S/c11-4-9-7-16-10(14-9)2-1-3-15-6-8(12)5-13-15/h5-7H,1-4H2. The zero-order valence-corrected chi connectivity index (χ0v) is 12.3. The van der Waals surface area contributed by atoms with E-state index in [9.17, 15) is 0 Å². The molecule has 0 aliphatic rings. The summed E-state index contributed by atoms with van der Waals surface area (Å²) in [6, 6.07) is 0. The molecule has 0 aliphatic carbocycles. The molecule has 16 heavy (non-hydrogen) atoms. The third-order valence-electron chi connectivity index (χ3n) is 2.12. The van der Waals surface area contributed by atoms with E-state index in [1.807, 2.05) is 22.5 Å². The second-order valence-electron chi connectivity index (χ2n) is 3.39. The molecule has 0 atom stereocenters. The van der Waals surface area contributed by atoms with Crippen molar-refractivity contribution < 1.29 is 0 Å². The molecular formula is C10H11ClIN3S. The number of aromatic nitrogens is 3. The van der Waals surface area contributed by atoms with Crippen molar-refractivity contribution in [2.24, 2.45) is 0 Å². The largest absolute Gasteiger partial charge is 0.272 e. The van der Waals surface area contributed by atoms with Gasteiger partial charge in [-0.25, -0.2) is 4.98 Å². The van der Waals surface area contributed by atoms with E-state index in [4.69, 9.17) is 11.6 Å². The molecule has 0 fully saturated rings. The molecule has 86 valence electrons. The Balaban J connectivity index is 1.79. The lowest BCUT2D eigenvalue weighted by Crippen LogP contribution is -1.99. The molecule has 2 heterocycles. The molecule has 0 N–H and O–H groups in total. The average molecular weight is 368 g/mol. The lowest BCUT2D eigenvalue weighted by Gasteiger charge is -1.98. The molecule has 0 saturated carbocycles. The fourth-order valence-electron chi connectivity index (χ4n) is 1.38. The first-order chi connectivity index (χ1) is 7.78. The highest BCUT2D eigenvalue weighted by Gasteiger charge is 2.01. The Morgan fingerprint density at radius 2 is 2.38 bits per heavy atom. The first kappa shape index (κ1) is 12.3. The molecule has 0 radical (unpaired) electrons. The lowest BCUT2D eigenvalue weighted by molar-refractivity contribution is 0.577. The van der Waals surface area contributed by atoms with Crippen molar-refractivity contribution in [2.75, 3.05) is 0 Å². The summed E-state index contributed by atoms with van der Waals surface area (Å²) in [4.78, 5) is 4.42. The number of rotatable bonds is 5. The summed E-state index contributed by atoms with van der Waals surface area (Å²) >= 11 is 9.65. The van der Waals surface area contributed by atoms with Gasteiger partial charge in [0, 0.05) is 24.5 Å². The van der Waals surface area contributed by atoms with Crippen LogP contribution >= 0.6 is 45.5 Å². The summed E-state index contributed by atoms with van der Waals surface area (Å²) < 4.78 is 3.15. The minimum absolute atomic E-state index is 0.508. The second kappa shape index (κ2) is 5.97. The van der Waals surface area contributed by atoms with Gasteiger partial charge >= 0.3 is 0 Å². The van der Waals surface area contributed by atoms with E-state index in [-0.39, 0.29) is 0 Å². The van der Waals surface area contributed by atoms with Gasteiger partial charge in [0.05, 0.1) is 26.3 Å². The molecule has 3 nitrogen and oxygen atoms in total. The fourth-order valence-corrected chi connectivity index (χ4v) is 2.89. The fraction of sp³-hybridized carbons (Fsp3) is 0.400. The van der Waals surface area contributed by atoms with Crippen LogP contribution in [0.5, 0.6) is 0 Å². The SMILES string of the molecule is ClCc1csc(CCCn2cc(I)cn2)n1. The average Bonchev–Trinajstić information content (AvgIpc) is 2.88. The molecule has 6 heteroatoms. The van der Waals surface area contributed by atoms with Crippen LogP contribution in [0.1, 0.15) is 17.1 Å². The number of nitrogens with zero attached hydrogens (tertiary/aromatic N) is 3. The molecule has 0 amide bonds. The quantitative estimate of drug-likeness (QED) is 0.599. The zero-order valence-electron chi connectivity index (χ0n) is 8.57. The number of aryl methyl sites for hydroxylation is 2. The van der Waals surface area contributed by atoms with Crippen molar-refractivity contribution in [1.29, 1.82) is 0 Å². The molecule has 2 aromatic heterocycles. The van der Waals surface area contributed by atoms with E-state index in [1.54, 1.807) is 11.3 Å². The summed E-state index contributed by atoms with van der Waals surface area (Å²) in [6.07, 6.45) is 5.98. The van der Waals surface area contributed by atoms with Gasteiger partial charge in [-0.1, -0.05) is 0 Å². The Labute approximate surface area is 117 Å². The summed E-state index contributed by atoms with van der Waals surface area (Å²) in [6.45, 7) is 0.943. The van der Waals surface area contributed by atoms with Crippen molar-refractivity contribution in [3.05, 3.63) is 32.0 Å². The Morgan fingerprint density at radius 1 is 1.50 bits per heavy atom. The molecule has 2 rings (SSSR count). The van der Waals surface area contributed by atoms with Crippen LogP contribution in [-0.2, 0) is 18.8 Å². The van der Waals surface area contributed by atoms with Crippen LogP contribution < -0.4 is 0 Å². The van der Waals surface area contributed by atoms with E-state index in [1.165, 1.54) is 3.57 Å². The molecular weight excluding hydrogens is 357 g/mol. The third kappa shape index (κ3) is 3.43. The van der Waals surface area contributed by atoms with Crippen LogP contribution in [-0.4, -0.2) is 14.8 Å². The van der Waals surface area contributed by atoms with Crippen LogP contribution in [0, 0.1) is 3.57 Å². The molecule has 2 aromatic rings. The maximum absolute atomic E-state index is 5.70. The number of hydrogen-bond acceptors (Lipinski definition) is 3. The van der Waals surface area contributed by atoms with Crippen molar-refractivity contribution in [3.63, 3.8) is 0 Å². The normalized spacial score (nSPS) is 10.9. The Kier molecular flexibility index (Phi) is 4.60. The summed E-state index contributed by atoms with van der Waals surface area (Å²) in [5.74, 6) is 0.508. The van der Waals surface area contributed by atoms with Gasteiger partial charge in [-0.3, -0.25) is 4.68 Å². The van der Waals surface area contributed by atoms with Crippen LogP contribution in [0.15, 0.2) is 17.8 Å². The van der Waals surface area contributed by atoms with Gasteiger partial charge in [0.2, 0.25) is 0 Å². The van der Waals surface area contributed by atoms with Crippen LogP contribution in [0.4, 0.5) is 0 Å². The van der Waals surface area contributed by atoms with Gasteiger partial charge in [0.25, 0.3) is 0 Å². The van der Waals surface area contributed by atoms with E-state index in [0.717, 1.165) is 30.1 Å². The second-order valence-corrected chi connectivity index (χ2v) is 5.85. The van der Waals surface area contributed by atoms with Crippen molar-refractivity contribution in [2.45, 2.75) is 25.3 Å². The number of thiazole rings is 1. The summed E-state index contributed by atoms with van der Waals surface area (Å²) in [5, 5.41) is 7.43. The van der Waals surface area contributed by atoms with Gasteiger partial charge in [0.15, 0.2) is 0 Å². The lowest BCUT2D eigenvalue weighted by atomic mass is 10.3. The topological polar surface area (TPSA) is 30.7 Å². The molecule has 0 aliphatic heterocycles. The van der Waals surface area contributed by atoms with E-state index < -0.39 is 0 Å². The first-order valence-corrected chi connectivity index (χ1v) is 7.44. The maximum Gasteiger partial charge on any atom is 0.0929 e. The van der Waals surface area contributed by atoms with E-state index in [0.29, 0.717) is 5.88 Å². The van der Waals surface area contributed by atoms with Gasteiger partial charge in [-0.05, 0) is 29.0 Å². The smallest absolute Gasteiger partial charge is 0.0929 e. The molecule has 0 saturated heterocycles. The van der Waals surface area contributed by atoms with Gasteiger partial charge < -0.3 is 0 Å². The number of hydrogen-bond donors (Lipinski definition) is 0. The van der Waals surface area contributed by atoms with Gasteiger partial charge in [-0.2, -0.15) is 5.10 Å². The van der Waals surface area contributed by atoms with Crippen LogP contribution in [0.25, 0.3) is 0 Å². The minimum atomic E-state index is 0.508. The number of alkyl halides is 1. The third-order valence-corrected chi connectivity index (χ3v) is 3.90. The molecule has 0 spiro atoms. The van der Waals surface area contributed by atoms with Crippen molar-refractivity contribution in [3.8, 4) is 0 Å². The van der Waals surface area contributed by atoms with Gasteiger partial charge in [-0.15, -0.1) is 22.9 Å². The molecule has 0 aromatic carbocycles. The Bertz CT molecular complexity index is 454. The number of halogens is 2. The monoisotopic (exact) mass is 367 g/mol. The summed E-state index contributed by atoms with van der Waals surface area (Å²) in [5.41, 5.74) is 0.982. The first-order valence-electron chi connectivity index (χ1n) is 4.95. The predicted octanol–water partition coefficient (Wildman–Crippen LogP) is 3.32. The molecule has 0 bridgehead atoms. The van der Waals surface area contributed by atoms with Crippen molar-refractivity contribution >= 4 is 45.5 Å². The van der Waals surface area contributed by atoms with E-state index in [2.05, 4.69) is 32.7 Å². The predicted molar refractivity (Wildman–Crippen MR) is 74.9 cm³/mol. The highest BCUT2D eigenvalue weighted by Crippen LogP contribution is 2.13. The maximum atomic E-state index is 5.70.